The van der Waals surface area contributed by atoms with Gasteiger partial charge in [-0.2, -0.15) is 0 Å². The van der Waals surface area contributed by atoms with E-state index in [1.807, 2.05) is 48.0 Å². The van der Waals surface area contributed by atoms with Crippen LogP contribution in [-0.4, -0.2) is 28.0 Å². The van der Waals surface area contributed by atoms with Crippen LogP contribution < -0.4 is 5.32 Å². The molecule has 128 valence electrons. The van der Waals surface area contributed by atoms with Crippen molar-refractivity contribution in [1.29, 1.82) is 0 Å². The Morgan fingerprint density at radius 1 is 1.28 bits per heavy atom. The van der Waals surface area contributed by atoms with Gasteiger partial charge < -0.3 is 14.5 Å². The van der Waals surface area contributed by atoms with E-state index >= 15 is 0 Å². The molecular weight excluding hydrogens is 314 g/mol. The lowest BCUT2D eigenvalue weighted by Crippen LogP contribution is -2.27. The molecule has 3 heterocycles. The number of hydrogen-bond donors (Lipinski definition) is 1. The molecule has 1 aromatic carbocycles. The van der Waals surface area contributed by atoms with Gasteiger partial charge in [-0.3, -0.25) is 4.79 Å². The molecule has 1 fully saturated rings. The number of carbonyl (C=O) groups excluding carboxylic acids is 1. The molecule has 4 rings (SSSR count). The number of hydrogen-bond acceptors (Lipinski definition) is 3. The van der Waals surface area contributed by atoms with Gasteiger partial charge in [0.05, 0.1) is 5.69 Å². The number of ether oxygens (including phenoxy) is 1. The van der Waals surface area contributed by atoms with Gasteiger partial charge >= 0.3 is 0 Å². The summed E-state index contributed by atoms with van der Waals surface area (Å²) in [4.78, 5) is 17.1. The summed E-state index contributed by atoms with van der Waals surface area (Å²) >= 11 is 0. The van der Waals surface area contributed by atoms with Crippen molar-refractivity contribution in [2.24, 2.45) is 0 Å². The molecule has 1 aliphatic rings. The number of aryl methyl sites for hydroxylation is 2. The molecular formula is C20H21N3O2. The van der Waals surface area contributed by atoms with E-state index in [4.69, 9.17) is 9.72 Å². The number of benzene rings is 1. The summed E-state index contributed by atoms with van der Waals surface area (Å²) in [6.07, 6.45) is 5.40. The van der Waals surface area contributed by atoms with Crippen LogP contribution in [-0.2, 0) is 9.53 Å². The van der Waals surface area contributed by atoms with Crippen molar-refractivity contribution in [1.82, 2.24) is 9.38 Å². The molecule has 0 spiro atoms. The molecule has 1 saturated heterocycles. The second-order valence-electron chi connectivity index (χ2n) is 6.57. The lowest BCUT2D eigenvalue weighted by Gasteiger charge is -2.13. The van der Waals surface area contributed by atoms with Crippen molar-refractivity contribution in [3.8, 4) is 11.3 Å². The third kappa shape index (κ3) is 3.03. The Morgan fingerprint density at radius 3 is 2.92 bits per heavy atom. The van der Waals surface area contributed by atoms with Crippen molar-refractivity contribution in [2.75, 3.05) is 11.9 Å². The topological polar surface area (TPSA) is 55.6 Å². The molecule has 0 bridgehead atoms. The molecule has 0 saturated carbocycles. The van der Waals surface area contributed by atoms with E-state index < -0.39 is 0 Å². The predicted molar refractivity (Wildman–Crippen MR) is 97.7 cm³/mol. The number of aromatic nitrogens is 2. The van der Waals surface area contributed by atoms with Crippen LogP contribution in [0.4, 0.5) is 5.69 Å². The van der Waals surface area contributed by atoms with Crippen molar-refractivity contribution >= 4 is 17.2 Å². The third-order valence-corrected chi connectivity index (χ3v) is 4.69. The summed E-state index contributed by atoms with van der Waals surface area (Å²) in [5, 5.41) is 3.01. The van der Waals surface area contributed by atoms with Gasteiger partial charge in [-0.1, -0.05) is 18.2 Å². The summed E-state index contributed by atoms with van der Waals surface area (Å²) < 4.78 is 7.49. The van der Waals surface area contributed by atoms with Crippen LogP contribution in [0, 0.1) is 13.8 Å². The maximum Gasteiger partial charge on any atom is 0.253 e. The van der Waals surface area contributed by atoms with Crippen molar-refractivity contribution < 1.29 is 9.53 Å². The average molecular weight is 335 g/mol. The van der Waals surface area contributed by atoms with E-state index in [1.165, 1.54) is 0 Å². The van der Waals surface area contributed by atoms with Crippen molar-refractivity contribution in [3.63, 3.8) is 0 Å². The number of rotatable bonds is 3. The van der Waals surface area contributed by atoms with Gasteiger partial charge in [0.25, 0.3) is 5.91 Å². The van der Waals surface area contributed by atoms with Crippen LogP contribution in [0.15, 0.2) is 42.7 Å². The Bertz CT molecular complexity index is 939. The summed E-state index contributed by atoms with van der Waals surface area (Å²) in [5.41, 5.74) is 5.79. The Morgan fingerprint density at radius 2 is 2.16 bits per heavy atom. The number of carbonyl (C=O) groups is 1. The highest BCUT2D eigenvalue weighted by molar-refractivity contribution is 5.95. The summed E-state index contributed by atoms with van der Waals surface area (Å²) in [6.45, 7) is 4.70. The Balaban J connectivity index is 1.66. The number of nitrogens with one attached hydrogen (secondary N) is 1. The van der Waals surface area contributed by atoms with E-state index in [0.717, 1.165) is 46.6 Å². The lowest BCUT2D eigenvalue weighted by atomic mass is 10.1. The monoisotopic (exact) mass is 335 g/mol. The fraction of sp³-hybridized carbons (Fsp3) is 0.300. The summed E-state index contributed by atoms with van der Waals surface area (Å²) in [6, 6.07) is 10.1. The van der Waals surface area contributed by atoms with E-state index in [1.54, 1.807) is 0 Å². The lowest BCUT2D eigenvalue weighted by molar-refractivity contribution is -0.124. The molecule has 25 heavy (non-hydrogen) atoms. The molecule has 1 atom stereocenters. The highest BCUT2D eigenvalue weighted by Crippen LogP contribution is 2.26. The van der Waals surface area contributed by atoms with Crippen LogP contribution in [0.3, 0.4) is 0 Å². The molecule has 0 aliphatic carbocycles. The first kappa shape index (κ1) is 15.8. The number of nitrogens with zero attached hydrogens (tertiary/aromatic N) is 2. The minimum Gasteiger partial charge on any atom is -0.368 e. The molecule has 0 radical (unpaired) electrons. The highest BCUT2D eigenvalue weighted by atomic mass is 16.5. The number of fused-ring (bicyclic) bond motifs is 1. The molecule has 2 aromatic heterocycles. The fourth-order valence-electron chi connectivity index (χ4n) is 3.21. The molecule has 1 N–H and O–H groups in total. The van der Waals surface area contributed by atoms with Gasteiger partial charge in [-0.15, -0.1) is 0 Å². The van der Waals surface area contributed by atoms with E-state index in [9.17, 15) is 4.79 Å². The summed E-state index contributed by atoms with van der Waals surface area (Å²) in [5.74, 6) is -0.0661. The first-order valence-corrected chi connectivity index (χ1v) is 8.59. The number of imidazole rings is 1. The Labute approximate surface area is 146 Å². The maximum absolute atomic E-state index is 12.3. The molecule has 5 heteroatoms. The minimum absolute atomic E-state index is 0.0661. The second-order valence-corrected chi connectivity index (χ2v) is 6.57. The van der Waals surface area contributed by atoms with Crippen molar-refractivity contribution in [3.05, 3.63) is 53.9 Å². The molecule has 5 nitrogen and oxygen atoms in total. The van der Waals surface area contributed by atoms with Gasteiger partial charge in [0.1, 0.15) is 11.8 Å². The van der Waals surface area contributed by atoms with Gasteiger partial charge in [0.15, 0.2) is 0 Å². The van der Waals surface area contributed by atoms with Crippen LogP contribution in [0.25, 0.3) is 16.9 Å². The van der Waals surface area contributed by atoms with Gasteiger partial charge in [-0.05, 0) is 49.9 Å². The SMILES string of the molecule is Cc1ccc(-c2cn3cccc(C)c3n2)cc1NC(=O)C1CCCO1. The van der Waals surface area contributed by atoms with Gasteiger partial charge in [0.2, 0.25) is 0 Å². The standard InChI is InChI=1S/C20H21N3O2/c1-13-7-8-15(11-16(13)22-20(24)18-6-4-10-25-18)17-12-23-9-3-5-14(2)19(23)21-17/h3,5,7-9,11-12,18H,4,6,10H2,1-2H3,(H,22,24). The van der Waals surface area contributed by atoms with E-state index in [-0.39, 0.29) is 12.0 Å². The van der Waals surface area contributed by atoms with Gasteiger partial charge in [-0.25, -0.2) is 4.98 Å². The molecule has 3 aromatic rings. The number of pyridine rings is 1. The fourth-order valence-corrected chi connectivity index (χ4v) is 3.21. The highest BCUT2D eigenvalue weighted by Gasteiger charge is 2.24. The Kier molecular flexibility index (Phi) is 4.01. The van der Waals surface area contributed by atoms with Crippen LogP contribution in [0.2, 0.25) is 0 Å². The van der Waals surface area contributed by atoms with Crippen molar-refractivity contribution in [2.45, 2.75) is 32.8 Å². The summed E-state index contributed by atoms with van der Waals surface area (Å²) in [7, 11) is 0. The zero-order valence-electron chi connectivity index (χ0n) is 14.5. The molecule has 1 unspecified atom stereocenters. The van der Waals surface area contributed by atoms with Gasteiger partial charge in [0, 0.05) is 30.3 Å². The average Bonchev–Trinajstić information content (AvgIpc) is 3.26. The van der Waals surface area contributed by atoms with Crippen LogP contribution in [0.5, 0.6) is 0 Å². The minimum atomic E-state index is -0.333. The second kappa shape index (κ2) is 6.33. The van der Waals surface area contributed by atoms with E-state index in [0.29, 0.717) is 6.61 Å². The van der Waals surface area contributed by atoms with Crippen LogP contribution >= 0.6 is 0 Å². The number of anilines is 1. The zero-order chi connectivity index (χ0) is 17.4. The predicted octanol–water partition coefficient (Wildman–Crippen LogP) is 3.74. The zero-order valence-corrected chi connectivity index (χ0v) is 14.5. The quantitative estimate of drug-likeness (QED) is 0.793. The number of amides is 1. The molecule has 1 aliphatic heterocycles. The smallest absolute Gasteiger partial charge is 0.253 e. The largest absolute Gasteiger partial charge is 0.368 e. The maximum atomic E-state index is 12.3. The molecule has 1 amide bonds. The first-order valence-electron chi connectivity index (χ1n) is 8.59. The van der Waals surface area contributed by atoms with Crippen LogP contribution in [0.1, 0.15) is 24.0 Å². The normalized spacial score (nSPS) is 17.1. The first-order chi connectivity index (χ1) is 12.1. The van der Waals surface area contributed by atoms with E-state index in [2.05, 4.69) is 18.3 Å². The third-order valence-electron chi connectivity index (χ3n) is 4.69. The Hall–Kier alpha value is -2.66.